The van der Waals surface area contributed by atoms with Crippen molar-refractivity contribution < 1.29 is 19.8 Å². The highest BCUT2D eigenvalue weighted by Crippen LogP contribution is 2.29. The molecule has 8 heteroatoms. The number of amides is 1. The van der Waals surface area contributed by atoms with Gasteiger partial charge in [0.05, 0.1) is 17.8 Å². The van der Waals surface area contributed by atoms with Crippen LogP contribution in [-0.2, 0) is 4.79 Å². The van der Waals surface area contributed by atoms with E-state index in [0.717, 1.165) is 0 Å². The Bertz CT molecular complexity index is 570. The normalized spacial score (nSPS) is 18.8. The van der Waals surface area contributed by atoms with Crippen LogP contribution in [0.2, 0.25) is 0 Å². The van der Waals surface area contributed by atoms with Gasteiger partial charge in [0, 0.05) is 5.56 Å². The minimum Gasteiger partial charge on any atom is -0.478 e. The fourth-order valence-corrected chi connectivity index (χ4v) is 1.74. The third-order valence-corrected chi connectivity index (χ3v) is 2.60. The number of carbonyl (C=O) groups is 2. The summed E-state index contributed by atoms with van der Waals surface area (Å²) < 4.78 is 0. The topological polar surface area (TPSA) is 137 Å². The number of nitrogens with one attached hydrogen (secondary N) is 2. The van der Waals surface area contributed by atoms with Crippen LogP contribution in [-0.4, -0.2) is 40.6 Å². The summed E-state index contributed by atoms with van der Waals surface area (Å²) in [6.45, 7) is -0.234. The fourth-order valence-electron chi connectivity index (χ4n) is 1.74. The van der Waals surface area contributed by atoms with E-state index < -0.39 is 18.1 Å². The number of nitrogens with two attached hydrogens (primary N) is 1. The van der Waals surface area contributed by atoms with Crippen LogP contribution < -0.4 is 16.5 Å². The number of aliphatic hydroxyl groups excluding tert-OH is 1. The van der Waals surface area contributed by atoms with E-state index in [1.165, 1.54) is 12.1 Å². The summed E-state index contributed by atoms with van der Waals surface area (Å²) >= 11 is 0. The molecule has 0 bridgehead atoms. The van der Waals surface area contributed by atoms with Crippen LogP contribution in [0.4, 0.5) is 5.69 Å². The van der Waals surface area contributed by atoms with E-state index >= 15 is 0 Å². The van der Waals surface area contributed by atoms with Crippen LogP contribution in [0.1, 0.15) is 15.9 Å². The molecule has 0 fully saturated rings. The van der Waals surface area contributed by atoms with Crippen molar-refractivity contribution in [3.05, 3.63) is 29.3 Å². The molecule has 1 aliphatic heterocycles. The van der Waals surface area contributed by atoms with Crippen LogP contribution in [0.3, 0.4) is 0 Å². The van der Waals surface area contributed by atoms with Crippen molar-refractivity contribution in [2.24, 2.45) is 10.8 Å². The molecule has 2 rings (SSSR count). The second kappa shape index (κ2) is 5.04. The SMILES string of the molecule is NCC(=O)NN=C1c2cccc(C(=O)O)c2N[C@H]1O. The number of para-hydroxylation sites is 1. The van der Waals surface area contributed by atoms with Crippen molar-refractivity contribution in [2.75, 3.05) is 11.9 Å². The Morgan fingerprint density at radius 3 is 2.84 bits per heavy atom. The molecule has 6 N–H and O–H groups in total. The van der Waals surface area contributed by atoms with Crippen molar-refractivity contribution in [3.8, 4) is 0 Å². The van der Waals surface area contributed by atoms with Gasteiger partial charge in [-0.2, -0.15) is 5.10 Å². The lowest BCUT2D eigenvalue weighted by molar-refractivity contribution is -0.119. The average Bonchev–Trinajstić information content (AvgIpc) is 2.71. The smallest absolute Gasteiger partial charge is 0.337 e. The van der Waals surface area contributed by atoms with Gasteiger partial charge in [-0.3, -0.25) is 4.79 Å². The Hall–Kier alpha value is -2.45. The van der Waals surface area contributed by atoms with Crippen molar-refractivity contribution in [3.63, 3.8) is 0 Å². The number of carbonyl (C=O) groups excluding carboxylic acids is 1. The van der Waals surface area contributed by atoms with Gasteiger partial charge in [-0.25, -0.2) is 10.2 Å². The minimum atomic E-state index is -1.19. The van der Waals surface area contributed by atoms with Gasteiger partial charge in [0.1, 0.15) is 5.71 Å². The van der Waals surface area contributed by atoms with Crippen LogP contribution in [0, 0.1) is 0 Å². The Morgan fingerprint density at radius 1 is 1.47 bits per heavy atom. The number of aliphatic hydroxyl groups is 1. The van der Waals surface area contributed by atoms with Crippen molar-refractivity contribution in [2.45, 2.75) is 6.23 Å². The molecule has 0 saturated heterocycles. The molecular formula is C11H12N4O4. The van der Waals surface area contributed by atoms with E-state index in [1.54, 1.807) is 6.07 Å². The zero-order chi connectivity index (χ0) is 14.0. The summed E-state index contributed by atoms with van der Waals surface area (Å²) in [5, 5.41) is 25.2. The molecule has 1 aliphatic rings. The lowest BCUT2D eigenvalue weighted by atomic mass is 10.1. The highest BCUT2D eigenvalue weighted by Gasteiger charge is 2.30. The zero-order valence-corrected chi connectivity index (χ0v) is 9.75. The first-order valence-electron chi connectivity index (χ1n) is 5.42. The molecule has 0 aromatic heterocycles. The molecule has 1 atom stereocenters. The van der Waals surface area contributed by atoms with Gasteiger partial charge in [0.2, 0.25) is 0 Å². The average molecular weight is 264 g/mol. The summed E-state index contributed by atoms with van der Waals surface area (Å²) in [7, 11) is 0. The van der Waals surface area contributed by atoms with E-state index in [9.17, 15) is 14.7 Å². The number of nitrogens with zero attached hydrogens (tertiary/aromatic N) is 1. The Kier molecular flexibility index (Phi) is 3.45. The van der Waals surface area contributed by atoms with E-state index in [2.05, 4.69) is 15.8 Å². The molecule has 0 aliphatic carbocycles. The largest absolute Gasteiger partial charge is 0.478 e. The summed E-state index contributed by atoms with van der Waals surface area (Å²) in [5.74, 6) is -1.63. The van der Waals surface area contributed by atoms with Crippen LogP contribution >= 0.6 is 0 Å². The summed E-state index contributed by atoms with van der Waals surface area (Å²) in [6.07, 6.45) is -1.19. The lowest BCUT2D eigenvalue weighted by Gasteiger charge is -2.04. The van der Waals surface area contributed by atoms with Gasteiger partial charge in [0.25, 0.3) is 5.91 Å². The number of anilines is 1. The highest BCUT2D eigenvalue weighted by atomic mass is 16.4. The number of aromatic carboxylic acids is 1. The molecule has 0 saturated carbocycles. The standard InChI is InChI=1S/C11H12N4O4/c12-4-7(16)14-15-9-5-2-1-3-6(11(18)19)8(5)13-10(9)17/h1-3,10,13,17H,4,12H2,(H,14,16)(H,18,19)/t10-/m0/s1. The molecule has 1 aromatic carbocycles. The van der Waals surface area contributed by atoms with Crippen LogP contribution in [0.25, 0.3) is 0 Å². The number of hydrazone groups is 1. The Balaban J connectivity index is 2.39. The maximum atomic E-state index is 11.0. The lowest BCUT2D eigenvalue weighted by Crippen LogP contribution is -2.30. The molecule has 0 radical (unpaired) electrons. The summed E-state index contributed by atoms with van der Waals surface area (Å²) in [6, 6.07) is 4.53. The zero-order valence-electron chi connectivity index (χ0n) is 9.75. The van der Waals surface area contributed by atoms with Gasteiger partial charge in [-0.15, -0.1) is 0 Å². The maximum Gasteiger partial charge on any atom is 0.337 e. The molecule has 8 nitrogen and oxygen atoms in total. The third kappa shape index (κ3) is 2.39. The molecule has 1 aromatic rings. The van der Waals surface area contributed by atoms with Crippen molar-refractivity contribution >= 4 is 23.3 Å². The van der Waals surface area contributed by atoms with E-state index in [0.29, 0.717) is 5.56 Å². The van der Waals surface area contributed by atoms with Crippen molar-refractivity contribution in [1.82, 2.24) is 5.43 Å². The number of rotatable bonds is 3. The number of hydrogen-bond acceptors (Lipinski definition) is 6. The van der Waals surface area contributed by atoms with Crippen molar-refractivity contribution in [1.29, 1.82) is 0 Å². The third-order valence-electron chi connectivity index (χ3n) is 2.60. The maximum absolute atomic E-state index is 11.0. The first-order chi connectivity index (χ1) is 9.04. The molecule has 0 unspecified atom stereocenters. The second-order valence-corrected chi connectivity index (χ2v) is 3.82. The Morgan fingerprint density at radius 2 is 2.21 bits per heavy atom. The number of benzene rings is 1. The predicted octanol–water partition coefficient (Wildman–Crippen LogP) is -1.09. The fraction of sp³-hybridized carbons (Fsp3) is 0.182. The first kappa shape index (κ1) is 13.0. The van der Waals surface area contributed by atoms with E-state index in [1.807, 2.05) is 0 Å². The molecule has 19 heavy (non-hydrogen) atoms. The predicted molar refractivity (Wildman–Crippen MR) is 66.8 cm³/mol. The van der Waals surface area contributed by atoms with E-state index in [-0.39, 0.29) is 23.5 Å². The molecule has 1 amide bonds. The summed E-state index contributed by atoms with van der Waals surface area (Å²) in [5.41, 5.74) is 8.13. The van der Waals surface area contributed by atoms with Crippen LogP contribution in [0.15, 0.2) is 23.3 Å². The second-order valence-electron chi connectivity index (χ2n) is 3.82. The van der Waals surface area contributed by atoms with Crippen LogP contribution in [0.5, 0.6) is 0 Å². The minimum absolute atomic E-state index is 0.0203. The van der Waals surface area contributed by atoms with Gasteiger partial charge in [-0.1, -0.05) is 12.1 Å². The number of carboxylic acids is 1. The molecular weight excluding hydrogens is 252 g/mol. The van der Waals surface area contributed by atoms with E-state index in [4.69, 9.17) is 10.8 Å². The monoisotopic (exact) mass is 264 g/mol. The van der Waals surface area contributed by atoms with Gasteiger partial charge >= 0.3 is 5.97 Å². The quantitative estimate of drug-likeness (QED) is 0.440. The summed E-state index contributed by atoms with van der Waals surface area (Å²) in [4.78, 5) is 22.1. The van der Waals surface area contributed by atoms with Gasteiger partial charge in [0.15, 0.2) is 6.23 Å². The number of hydrogen-bond donors (Lipinski definition) is 5. The highest BCUT2D eigenvalue weighted by molar-refractivity contribution is 6.16. The molecule has 100 valence electrons. The molecule has 0 spiro atoms. The Labute approximate surface area is 107 Å². The number of fused-ring (bicyclic) bond motifs is 1. The number of carboxylic acid groups (broad SMARTS) is 1. The van der Waals surface area contributed by atoms with Gasteiger partial charge < -0.3 is 21.3 Å². The van der Waals surface area contributed by atoms with Gasteiger partial charge in [-0.05, 0) is 6.07 Å². The first-order valence-corrected chi connectivity index (χ1v) is 5.42. The molecule has 1 heterocycles.